The average Bonchev–Trinajstić information content (AvgIpc) is 2.45. The van der Waals surface area contributed by atoms with Gasteiger partial charge in [0.25, 0.3) is 0 Å². The number of anilines is 2. The molecule has 1 atom stereocenters. The summed E-state index contributed by atoms with van der Waals surface area (Å²) in [4.78, 5) is 6.63. The van der Waals surface area contributed by atoms with E-state index in [1.807, 2.05) is 13.1 Å². The molecule has 1 unspecified atom stereocenters. The van der Waals surface area contributed by atoms with E-state index in [-0.39, 0.29) is 17.5 Å². The number of rotatable bonds is 0. The molecule has 0 amide bonds. The van der Waals surface area contributed by atoms with Gasteiger partial charge in [-0.2, -0.15) is 0 Å². The van der Waals surface area contributed by atoms with Crippen molar-refractivity contribution in [3.63, 3.8) is 0 Å². The number of sulfone groups is 1. The Bertz CT molecular complexity index is 571. The fourth-order valence-electron chi connectivity index (χ4n) is 2.70. The normalized spacial score (nSPS) is 25.6. The zero-order valence-electron chi connectivity index (χ0n) is 10.4. The summed E-state index contributed by atoms with van der Waals surface area (Å²) >= 11 is 0. The molecule has 0 spiro atoms. The van der Waals surface area contributed by atoms with Crippen LogP contribution in [0.4, 0.5) is 11.5 Å². The number of nitrogens with one attached hydrogen (secondary N) is 1. The first kappa shape index (κ1) is 11.8. The standard InChI is InChI=1S/C12H17N3O2S/c1-9-6-11-12(14-7-9)15-4-5-18(16,17)8-10(15)2-3-13-11/h6-7,10,13H,2-5,8H2,1H3. The summed E-state index contributed by atoms with van der Waals surface area (Å²) in [5.41, 5.74) is 2.14. The molecular formula is C12H17N3O2S. The van der Waals surface area contributed by atoms with Gasteiger partial charge >= 0.3 is 0 Å². The molecule has 0 aromatic carbocycles. The quantitative estimate of drug-likeness (QED) is 0.753. The van der Waals surface area contributed by atoms with Gasteiger partial charge in [-0.25, -0.2) is 13.4 Å². The fraction of sp³-hybridized carbons (Fsp3) is 0.583. The minimum absolute atomic E-state index is 0.0627. The summed E-state index contributed by atoms with van der Waals surface area (Å²) in [6.45, 7) is 3.37. The first-order valence-electron chi connectivity index (χ1n) is 6.23. The van der Waals surface area contributed by atoms with Gasteiger partial charge in [-0.3, -0.25) is 0 Å². The highest BCUT2D eigenvalue weighted by Gasteiger charge is 2.34. The number of pyridine rings is 1. The first-order valence-corrected chi connectivity index (χ1v) is 8.05. The van der Waals surface area contributed by atoms with Crippen molar-refractivity contribution in [2.75, 3.05) is 34.8 Å². The van der Waals surface area contributed by atoms with Crippen LogP contribution < -0.4 is 10.2 Å². The third-order valence-corrected chi connectivity index (χ3v) is 5.30. The third kappa shape index (κ3) is 2.05. The maximum Gasteiger partial charge on any atom is 0.154 e. The Morgan fingerprint density at radius 2 is 2.33 bits per heavy atom. The van der Waals surface area contributed by atoms with Crippen LogP contribution in [-0.4, -0.2) is 44.0 Å². The molecule has 0 saturated carbocycles. The van der Waals surface area contributed by atoms with Crippen molar-refractivity contribution in [2.45, 2.75) is 19.4 Å². The molecule has 18 heavy (non-hydrogen) atoms. The van der Waals surface area contributed by atoms with Crippen LogP contribution in [0.3, 0.4) is 0 Å². The zero-order chi connectivity index (χ0) is 12.8. The van der Waals surface area contributed by atoms with Crippen LogP contribution in [0.15, 0.2) is 12.3 Å². The Morgan fingerprint density at radius 1 is 1.50 bits per heavy atom. The number of hydrogen-bond acceptors (Lipinski definition) is 5. The number of aromatic nitrogens is 1. The summed E-state index contributed by atoms with van der Waals surface area (Å²) in [5.74, 6) is 1.39. The molecule has 2 aliphatic rings. The molecule has 1 aromatic heterocycles. The van der Waals surface area contributed by atoms with Crippen molar-refractivity contribution in [1.82, 2.24) is 4.98 Å². The molecule has 1 aromatic rings. The summed E-state index contributed by atoms with van der Waals surface area (Å²) in [5, 5.41) is 3.35. The lowest BCUT2D eigenvalue weighted by molar-refractivity contribution is 0.548. The molecule has 0 aliphatic carbocycles. The van der Waals surface area contributed by atoms with Gasteiger partial charge in [0.05, 0.1) is 17.2 Å². The van der Waals surface area contributed by atoms with Crippen LogP contribution in [0.2, 0.25) is 0 Å². The molecule has 2 aliphatic heterocycles. The molecule has 3 heterocycles. The van der Waals surface area contributed by atoms with Crippen LogP contribution >= 0.6 is 0 Å². The van der Waals surface area contributed by atoms with E-state index in [2.05, 4.69) is 21.3 Å². The van der Waals surface area contributed by atoms with Crippen LogP contribution in [0, 0.1) is 6.92 Å². The molecule has 1 fully saturated rings. The summed E-state index contributed by atoms with van der Waals surface area (Å²) in [6, 6.07) is 2.14. The minimum Gasteiger partial charge on any atom is -0.382 e. The second kappa shape index (κ2) is 4.12. The Labute approximate surface area is 107 Å². The highest BCUT2D eigenvalue weighted by Crippen LogP contribution is 2.31. The average molecular weight is 267 g/mol. The van der Waals surface area contributed by atoms with Crippen molar-refractivity contribution in [3.8, 4) is 0 Å². The van der Waals surface area contributed by atoms with Gasteiger partial charge in [0.15, 0.2) is 15.7 Å². The molecular weight excluding hydrogens is 250 g/mol. The van der Waals surface area contributed by atoms with E-state index < -0.39 is 9.84 Å². The fourth-order valence-corrected chi connectivity index (χ4v) is 4.27. The van der Waals surface area contributed by atoms with E-state index in [9.17, 15) is 8.42 Å². The van der Waals surface area contributed by atoms with E-state index in [4.69, 9.17) is 0 Å². The monoisotopic (exact) mass is 267 g/mol. The number of hydrogen-bond donors (Lipinski definition) is 1. The first-order chi connectivity index (χ1) is 8.55. The topological polar surface area (TPSA) is 62.3 Å². The number of nitrogens with zero attached hydrogens (tertiary/aromatic N) is 2. The van der Waals surface area contributed by atoms with Crippen LogP contribution in [0.5, 0.6) is 0 Å². The Hall–Kier alpha value is -1.30. The number of fused-ring (bicyclic) bond motifs is 3. The van der Waals surface area contributed by atoms with Crippen LogP contribution in [0.25, 0.3) is 0 Å². The Morgan fingerprint density at radius 3 is 3.17 bits per heavy atom. The van der Waals surface area contributed by atoms with Gasteiger partial charge in [-0.1, -0.05) is 0 Å². The van der Waals surface area contributed by atoms with Crippen molar-refractivity contribution in [1.29, 1.82) is 0 Å². The lowest BCUT2D eigenvalue weighted by Crippen LogP contribution is -2.48. The molecule has 6 heteroatoms. The minimum atomic E-state index is -2.88. The largest absolute Gasteiger partial charge is 0.382 e. The number of aryl methyl sites for hydroxylation is 1. The van der Waals surface area contributed by atoms with E-state index in [0.717, 1.165) is 30.0 Å². The molecule has 0 bridgehead atoms. The van der Waals surface area contributed by atoms with Gasteiger partial charge in [0.1, 0.15) is 0 Å². The smallest absolute Gasteiger partial charge is 0.154 e. The van der Waals surface area contributed by atoms with E-state index in [1.54, 1.807) is 0 Å². The summed E-state index contributed by atoms with van der Waals surface area (Å²) in [7, 11) is -2.88. The van der Waals surface area contributed by atoms with Crippen molar-refractivity contribution in [3.05, 3.63) is 17.8 Å². The molecule has 1 N–H and O–H groups in total. The third-order valence-electron chi connectivity index (χ3n) is 3.60. The molecule has 0 radical (unpaired) electrons. The van der Waals surface area contributed by atoms with Crippen molar-refractivity contribution >= 4 is 21.3 Å². The van der Waals surface area contributed by atoms with Gasteiger partial charge < -0.3 is 10.2 Å². The SMILES string of the molecule is Cc1cnc2c(c1)NCCC1CS(=O)(=O)CCN21. The second-order valence-electron chi connectivity index (χ2n) is 5.06. The highest BCUT2D eigenvalue weighted by atomic mass is 32.2. The van der Waals surface area contributed by atoms with E-state index in [0.29, 0.717) is 6.54 Å². The van der Waals surface area contributed by atoms with Crippen molar-refractivity contribution < 1.29 is 8.42 Å². The second-order valence-corrected chi connectivity index (χ2v) is 7.29. The molecule has 1 saturated heterocycles. The Balaban J connectivity index is 2.00. The Kier molecular flexibility index (Phi) is 2.69. The summed E-state index contributed by atoms with van der Waals surface area (Å²) in [6.07, 6.45) is 2.68. The van der Waals surface area contributed by atoms with E-state index in [1.165, 1.54) is 0 Å². The lowest BCUT2D eigenvalue weighted by Gasteiger charge is -2.35. The van der Waals surface area contributed by atoms with Crippen LogP contribution in [0.1, 0.15) is 12.0 Å². The van der Waals surface area contributed by atoms with Gasteiger partial charge in [-0.15, -0.1) is 0 Å². The van der Waals surface area contributed by atoms with Gasteiger partial charge in [0, 0.05) is 25.3 Å². The molecule has 3 rings (SSSR count). The maximum atomic E-state index is 11.7. The molecule has 98 valence electrons. The zero-order valence-corrected chi connectivity index (χ0v) is 11.2. The summed E-state index contributed by atoms with van der Waals surface area (Å²) < 4.78 is 23.4. The maximum absolute atomic E-state index is 11.7. The van der Waals surface area contributed by atoms with E-state index >= 15 is 0 Å². The highest BCUT2D eigenvalue weighted by molar-refractivity contribution is 7.91. The van der Waals surface area contributed by atoms with Gasteiger partial charge in [0.2, 0.25) is 0 Å². The van der Waals surface area contributed by atoms with Gasteiger partial charge in [-0.05, 0) is 25.0 Å². The van der Waals surface area contributed by atoms with Crippen molar-refractivity contribution in [2.24, 2.45) is 0 Å². The predicted octanol–water partition coefficient (Wildman–Crippen LogP) is 0.809. The lowest BCUT2D eigenvalue weighted by atomic mass is 10.2. The van der Waals surface area contributed by atoms with Crippen LogP contribution in [-0.2, 0) is 9.84 Å². The predicted molar refractivity (Wildman–Crippen MR) is 71.9 cm³/mol. The molecule has 5 nitrogen and oxygen atoms in total.